The molecule has 0 spiro atoms. The molecule has 0 aliphatic rings. The van der Waals surface area contributed by atoms with Crippen molar-refractivity contribution in [2.75, 3.05) is 0 Å². The highest BCUT2D eigenvalue weighted by molar-refractivity contribution is 5.79. The fourth-order valence-electron chi connectivity index (χ4n) is 1.53. The van der Waals surface area contributed by atoms with E-state index in [9.17, 15) is 0 Å². The SMILES string of the molecule is Cc1ccc2cc([C@@H](C)N)ccc2n1. The minimum absolute atomic E-state index is 0.0840. The predicted molar refractivity (Wildman–Crippen MR) is 59.1 cm³/mol. The molecule has 2 N–H and O–H groups in total. The highest BCUT2D eigenvalue weighted by Crippen LogP contribution is 2.17. The quantitative estimate of drug-likeness (QED) is 0.743. The van der Waals surface area contributed by atoms with Crippen LogP contribution in [0.1, 0.15) is 24.2 Å². The summed E-state index contributed by atoms with van der Waals surface area (Å²) in [4.78, 5) is 4.44. The summed E-state index contributed by atoms with van der Waals surface area (Å²) in [6.45, 7) is 3.99. The van der Waals surface area contributed by atoms with Gasteiger partial charge in [-0.1, -0.05) is 12.1 Å². The molecule has 14 heavy (non-hydrogen) atoms. The number of benzene rings is 1. The molecule has 0 radical (unpaired) electrons. The van der Waals surface area contributed by atoms with Gasteiger partial charge in [0.1, 0.15) is 0 Å². The van der Waals surface area contributed by atoms with E-state index in [1.54, 1.807) is 0 Å². The van der Waals surface area contributed by atoms with Crippen molar-refractivity contribution in [3.05, 3.63) is 41.6 Å². The van der Waals surface area contributed by atoms with Crippen molar-refractivity contribution in [1.29, 1.82) is 0 Å². The second kappa shape index (κ2) is 3.39. The second-order valence-electron chi connectivity index (χ2n) is 3.69. The van der Waals surface area contributed by atoms with Crippen LogP contribution < -0.4 is 5.73 Å². The lowest BCUT2D eigenvalue weighted by Crippen LogP contribution is -2.04. The van der Waals surface area contributed by atoms with Gasteiger partial charge in [0.05, 0.1) is 5.52 Å². The lowest BCUT2D eigenvalue weighted by Gasteiger charge is -2.06. The Morgan fingerprint density at radius 1 is 1.21 bits per heavy atom. The number of rotatable bonds is 1. The molecular weight excluding hydrogens is 172 g/mol. The summed E-state index contributed by atoms with van der Waals surface area (Å²) in [5.74, 6) is 0. The number of hydrogen-bond acceptors (Lipinski definition) is 2. The Bertz CT molecular complexity index is 461. The number of pyridine rings is 1. The molecular formula is C12H14N2. The molecule has 0 saturated heterocycles. The van der Waals surface area contributed by atoms with Crippen LogP contribution in [-0.2, 0) is 0 Å². The number of nitrogens with zero attached hydrogens (tertiary/aromatic N) is 1. The minimum atomic E-state index is 0.0840. The molecule has 1 heterocycles. The standard InChI is InChI=1S/C12H14N2/c1-8-3-4-11-7-10(9(2)13)5-6-12(11)14-8/h3-7,9H,13H2,1-2H3/t9-/m1/s1. The van der Waals surface area contributed by atoms with Crippen molar-refractivity contribution < 1.29 is 0 Å². The molecule has 0 bridgehead atoms. The lowest BCUT2D eigenvalue weighted by molar-refractivity contribution is 0.820. The zero-order valence-electron chi connectivity index (χ0n) is 8.49. The van der Waals surface area contributed by atoms with Crippen molar-refractivity contribution in [3.8, 4) is 0 Å². The first-order valence-corrected chi connectivity index (χ1v) is 4.80. The Balaban J connectivity index is 2.62. The molecule has 0 aliphatic carbocycles. The molecule has 0 amide bonds. The number of fused-ring (bicyclic) bond motifs is 1. The number of hydrogen-bond donors (Lipinski definition) is 1. The van der Waals surface area contributed by atoms with Crippen molar-refractivity contribution in [2.24, 2.45) is 5.73 Å². The van der Waals surface area contributed by atoms with Crippen LogP contribution in [0.15, 0.2) is 30.3 Å². The summed E-state index contributed by atoms with van der Waals surface area (Å²) >= 11 is 0. The van der Waals surface area contributed by atoms with Crippen molar-refractivity contribution in [1.82, 2.24) is 4.98 Å². The summed E-state index contributed by atoms with van der Waals surface area (Å²) in [5, 5.41) is 1.16. The fraction of sp³-hybridized carbons (Fsp3) is 0.250. The fourth-order valence-corrected chi connectivity index (χ4v) is 1.53. The van der Waals surface area contributed by atoms with Crippen LogP contribution in [0.4, 0.5) is 0 Å². The highest BCUT2D eigenvalue weighted by Gasteiger charge is 2.01. The first-order chi connectivity index (χ1) is 6.66. The average Bonchev–Trinajstić information content (AvgIpc) is 2.16. The van der Waals surface area contributed by atoms with E-state index in [0.29, 0.717) is 0 Å². The predicted octanol–water partition coefficient (Wildman–Crippen LogP) is 2.56. The third-order valence-electron chi connectivity index (χ3n) is 2.38. The van der Waals surface area contributed by atoms with Crippen LogP contribution in [0.25, 0.3) is 10.9 Å². The van der Waals surface area contributed by atoms with Crippen LogP contribution >= 0.6 is 0 Å². The maximum absolute atomic E-state index is 5.81. The van der Waals surface area contributed by atoms with E-state index in [1.165, 1.54) is 0 Å². The maximum Gasteiger partial charge on any atom is 0.0705 e. The lowest BCUT2D eigenvalue weighted by atomic mass is 10.1. The average molecular weight is 186 g/mol. The zero-order chi connectivity index (χ0) is 10.1. The van der Waals surface area contributed by atoms with E-state index in [2.05, 4.69) is 17.1 Å². The van der Waals surface area contributed by atoms with Crippen LogP contribution in [0.2, 0.25) is 0 Å². The molecule has 0 fully saturated rings. The molecule has 72 valence electrons. The van der Waals surface area contributed by atoms with E-state index in [1.807, 2.05) is 32.0 Å². The molecule has 0 aliphatic heterocycles. The van der Waals surface area contributed by atoms with Crippen molar-refractivity contribution >= 4 is 10.9 Å². The smallest absolute Gasteiger partial charge is 0.0705 e. The largest absolute Gasteiger partial charge is 0.324 e. The van der Waals surface area contributed by atoms with Gasteiger partial charge in [0, 0.05) is 17.1 Å². The summed E-state index contributed by atoms with van der Waals surface area (Å²) in [6, 6.07) is 10.4. The van der Waals surface area contributed by atoms with E-state index >= 15 is 0 Å². The summed E-state index contributed by atoms with van der Waals surface area (Å²) in [5.41, 5.74) is 9.05. The summed E-state index contributed by atoms with van der Waals surface area (Å²) in [7, 11) is 0. The van der Waals surface area contributed by atoms with E-state index < -0.39 is 0 Å². The van der Waals surface area contributed by atoms with Gasteiger partial charge in [-0.3, -0.25) is 4.98 Å². The van der Waals surface area contributed by atoms with Gasteiger partial charge >= 0.3 is 0 Å². The van der Waals surface area contributed by atoms with E-state index in [-0.39, 0.29) is 6.04 Å². The Kier molecular flexibility index (Phi) is 2.22. The van der Waals surface area contributed by atoms with E-state index in [0.717, 1.165) is 22.2 Å². The number of aryl methyl sites for hydroxylation is 1. The van der Waals surface area contributed by atoms with Gasteiger partial charge in [-0.15, -0.1) is 0 Å². The Labute approximate surface area is 83.8 Å². The van der Waals surface area contributed by atoms with Crippen LogP contribution in [0.5, 0.6) is 0 Å². The zero-order valence-corrected chi connectivity index (χ0v) is 8.49. The molecule has 0 saturated carbocycles. The number of nitrogens with two attached hydrogens (primary N) is 1. The summed E-state index contributed by atoms with van der Waals surface area (Å²) < 4.78 is 0. The number of aromatic nitrogens is 1. The third kappa shape index (κ3) is 1.61. The van der Waals surface area contributed by atoms with Gasteiger partial charge in [0.2, 0.25) is 0 Å². The maximum atomic E-state index is 5.81. The molecule has 2 aromatic rings. The molecule has 1 aromatic carbocycles. The van der Waals surface area contributed by atoms with Crippen LogP contribution in [-0.4, -0.2) is 4.98 Å². The first kappa shape index (κ1) is 9.16. The van der Waals surface area contributed by atoms with Crippen LogP contribution in [0.3, 0.4) is 0 Å². The second-order valence-corrected chi connectivity index (χ2v) is 3.69. The molecule has 0 unspecified atom stereocenters. The van der Waals surface area contributed by atoms with Crippen LogP contribution in [0, 0.1) is 6.92 Å². The molecule has 2 nitrogen and oxygen atoms in total. The van der Waals surface area contributed by atoms with Gasteiger partial charge in [-0.25, -0.2) is 0 Å². The summed E-state index contributed by atoms with van der Waals surface area (Å²) in [6.07, 6.45) is 0. The highest BCUT2D eigenvalue weighted by atomic mass is 14.7. The molecule has 2 rings (SSSR count). The normalized spacial score (nSPS) is 13.1. The molecule has 1 aromatic heterocycles. The van der Waals surface area contributed by atoms with Crippen molar-refractivity contribution in [3.63, 3.8) is 0 Å². The minimum Gasteiger partial charge on any atom is -0.324 e. The Hall–Kier alpha value is -1.41. The topological polar surface area (TPSA) is 38.9 Å². The first-order valence-electron chi connectivity index (χ1n) is 4.80. The molecule has 2 heteroatoms. The van der Waals surface area contributed by atoms with E-state index in [4.69, 9.17) is 5.73 Å². The monoisotopic (exact) mass is 186 g/mol. The van der Waals surface area contributed by atoms with Gasteiger partial charge in [-0.2, -0.15) is 0 Å². The third-order valence-corrected chi connectivity index (χ3v) is 2.38. The molecule has 1 atom stereocenters. The van der Waals surface area contributed by atoms with Gasteiger partial charge < -0.3 is 5.73 Å². The Morgan fingerprint density at radius 3 is 2.71 bits per heavy atom. The Morgan fingerprint density at radius 2 is 2.00 bits per heavy atom. The van der Waals surface area contributed by atoms with Gasteiger partial charge in [-0.05, 0) is 37.6 Å². The van der Waals surface area contributed by atoms with Gasteiger partial charge in [0.15, 0.2) is 0 Å². The van der Waals surface area contributed by atoms with Gasteiger partial charge in [0.25, 0.3) is 0 Å². The van der Waals surface area contributed by atoms with Crippen molar-refractivity contribution in [2.45, 2.75) is 19.9 Å².